The van der Waals surface area contributed by atoms with Gasteiger partial charge in [0.05, 0.1) is 6.04 Å². The van der Waals surface area contributed by atoms with Crippen LogP contribution in [-0.2, 0) is 20.1 Å². The molecule has 0 aromatic carbocycles. The number of allylic oxidation sites excluding steroid dienone is 1. The number of anilines is 1. The number of thiazole rings is 1. The average molecular weight is 509 g/mol. The fourth-order valence-corrected chi connectivity index (χ4v) is 5.74. The van der Waals surface area contributed by atoms with Gasteiger partial charge in [-0.05, 0) is 30.5 Å². The summed E-state index contributed by atoms with van der Waals surface area (Å²) in [7, 11) is 0. The number of nitrogens with zero attached hydrogens (tertiary/aromatic N) is 4. The maximum Gasteiger partial charge on any atom is 0.353 e. The molecule has 0 spiro atoms. The highest BCUT2D eigenvalue weighted by molar-refractivity contribution is 8.02. The number of carboxylic acids is 1. The van der Waals surface area contributed by atoms with Gasteiger partial charge < -0.3 is 21.4 Å². The van der Waals surface area contributed by atoms with Crippen molar-refractivity contribution in [2.24, 2.45) is 5.16 Å². The van der Waals surface area contributed by atoms with E-state index < -0.39 is 35.6 Å². The molecule has 5 N–H and O–H groups in total. The lowest BCUT2D eigenvalue weighted by molar-refractivity contribution is -0.155. The number of fused-ring (bicyclic) bond motifs is 1. The Hall–Kier alpha value is -3.16. The summed E-state index contributed by atoms with van der Waals surface area (Å²) < 4.78 is 0.0571. The second-order valence-corrected chi connectivity index (χ2v) is 9.81. The number of nitrogens with two attached hydrogens (primary N) is 1. The number of thioether (sulfide) groups is 1. The van der Waals surface area contributed by atoms with Crippen molar-refractivity contribution in [1.29, 1.82) is 0 Å². The Balaban J connectivity index is 1.49. The van der Waals surface area contributed by atoms with E-state index >= 15 is 0 Å². The van der Waals surface area contributed by atoms with E-state index in [0.29, 0.717) is 23.5 Å². The number of hydrogen-bond acceptors (Lipinski definition) is 10. The number of amides is 2. The van der Waals surface area contributed by atoms with Crippen LogP contribution in [0.15, 0.2) is 40.3 Å². The van der Waals surface area contributed by atoms with Crippen molar-refractivity contribution in [2.75, 3.05) is 5.73 Å². The van der Waals surface area contributed by atoms with Crippen molar-refractivity contribution >= 4 is 63.3 Å². The van der Waals surface area contributed by atoms with Crippen LogP contribution in [0.3, 0.4) is 0 Å². The molecule has 11 nitrogen and oxygen atoms in total. The molecule has 0 unspecified atom stereocenters. The zero-order chi connectivity index (χ0) is 23.7. The van der Waals surface area contributed by atoms with E-state index in [9.17, 15) is 24.7 Å². The van der Waals surface area contributed by atoms with Crippen molar-refractivity contribution in [3.05, 3.63) is 50.7 Å². The van der Waals surface area contributed by atoms with Gasteiger partial charge in [0.15, 0.2) is 10.8 Å². The van der Waals surface area contributed by atoms with Crippen LogP contribution in [0.2, 0.25) is 4.34 Å². The number of nitrogen functional groups attached to an aromatic ring is 1. The number of aliphatic carboxylic acids is 1. The van der Waals surface area contributed by atoms with Gasteiger partial charge in [-0.3, -0.25) is 19.5 Å². The fraction of sp³-hybridized carbons (Fsp3) is 0.263. The van der Waals surface area contributed by atoms with Gasteiger partial charge in [0.1, 0.15) is 21.8 Å². The van der Waals surface area contributed by atoms with E-state index in [1.165, 1.54) is 16.7 Å². The summed E-state index contributed by atoms with van der Waals surface area (Å²) >= 11 is 8.24. The van der Waals surface area contributed by atoms with Crippen LogP contribution >= 0.6 is 34.7 Å². The number of nitrogens with one attached hydrogen (secondary N) is 1. The van der Waals surface area contributed by atoms with E-state index in [1.54, 1.807) is 12.4 Å². The molecule has 0 bridgehead atoms. The highest BCUT2D eigenvalue weighted by Gasteiger charge is 2.53. The molecule has 2 aromatic rings. The molecule has 0 aliphatic carbocycles. The maximum absolute atomic E-state index is 12.8. The van der Waals surface area contributed by atoms with Crippen LogP contribution in [0.5, 0.6) is 0 Å². The van der Waals surface area contributed by atoms with Gasteiger partial charge >= 0.3 is 5.97 Å². The number of aromatic nitrogens is 2. The van der Waals surface area contributed by atoms with Crippen molar-refractivity contribution in [3.63, 3.8) is 0 Å². The molecule has 1 fully saturated rings. The summed E-state index contributed by atoms with van der Waals surface area (Å²) in [5.74, 6) is -2.11. The number of carboxylic acid groups (broad SMARTS) is 1. The molecule has 14 heteroatoms. The third-order valence-electron chi connectivity index (χ3n) is 5.19. The van der Waals surface area contributed by atoms with Gasteiger partial charge in [0.25, 0.3) is 11.8 Å². The van der Waals surface area contributed by atoms with E-state index in [-0.39, 0.29) is 20.9 Å². The average Bonchev–Trinajstić information content (AvgIpc) is 3.13. The fourth-order valence-electron chi connectivity index (χ4n) is 3.69. The minimum atomic E-state index is -1.21. The molecule has 0 saturated carbocycles. The lowest BCUT2D eigenvalue weighted by atomic mass is 9.86. The van der Waals surface area contributed by atoms with Crippen LogP contribution < -0.4 is 11.1 Å². The zero-order valence-corrected chi connectivity index (χ0v) is 19.2. The predicted octanol–water partition coefficient (Wildman–Crippen LogP) is 1.67. The minimum Gasteiger partial charge on any atom is -0.477 e. The van der Waals surface area contributed by atoms with Crippen LogP contribution in [0.4, 0.5) is 5.13 Å². The Labute approximate surface area is 200 Å². The number of carbonyl (C=O) groups is 3. The third-order valence-corrected chi connectivity index (χ3v) is 7.49. The van der Waals surface area contributed by atoms with E-state index in [4.69, 9.17) is 17.3 Å². The molecule has 2 atom stereocenters. The number of oxime groups is 1. The third kappa shape index (κ3) is 4.38. The van der Waals surface area contributed by atoms with Crippen LogP contribution in [0.1, 0.15) is 24.1 Å². The number of rotatable bonds is 7. The molecule has 1 saturated heterocycles. The van der Waals surface area contributed by atoms with Crippen LogP contribution in [-0.4, -0.2) is 60.8 Å². The first-order valence-electron chi connectivity index (χ1n) is 9.58. The van der Waals surface area contributed by atoms with Gasteiger partial charge in [-0.1, -0.05) is 28.1 Å². The Bertz CT molecular complexity index is 1180. The summed E-state index contributed by atoms with van der Waals surface area (Å²) in [6.07, 6.45) is 4.21. The number of hydrogen-bond donors (Lipinski definition) is 4. The molecule has 172 valence electrons. The molecule has 4 rings (SSSR count). The van der Waals surface area contributed by atoms with Crippen LogP contribution in [0, 0.1) is 0 Å². The Morgan fingerprint density at radius 1 is 1.39 bits per heavy atom. The first-order chi connectivity index (χ1) is 15.8. The second kappa shape index (κ2) is 9.37. The Morgan fingerprint density at radius 3 is 2.73 bits per heavy atom. The van der Waals surface area contributed by atoms with Gasteiger partial charge in [0, 0.05) is 23.1 Å². The summed E-state index contributed by atoms with van der Waals surface area (Å²) in [6.45, 7) is 0. The van der Waals surface area contributed by atoms with Gasteiger partial charge in [-0.15, -0.1) is 11.8 Å². The van der Waals surface area contributed by atoms with Gasteiger partial charge in [-0.2, -0.15) is 0 Å². The standard InChI is InChI=1S/C19H17ClN6O5S2/c20-15-12(24-19(21)33-15)13(25-31)16(27)23-11-9-1-2-10(14(18(29)30)26(9)17(11)28)32-7-8-3-5-22-6-4-8/h3-6,9,11,31H,1-2,7H2,(H2,21,24)(H,23,27)(H,29,30)/b25-13-/t9-,11+/m1/s1. The van der Waals surface area contributed by atoms with Crippen molar-refractivity contribution in [2.45, 2.75) is 30.7 Å². The van der Waals surface area contributed by atoms with Crippen molar-refractivity contribution in [3.8, 4) is 0 Å². The largest absolute Gasteiger partial charge is 0.477 e. The van der Waals surface area contributed by atoms with E-state index in [1.807, 2.05) is 12.1 Å². The monoisotopic (exact) mass is 508 g/mol. The topological polar surface area (TPSA) is 171 Å². The predicted molar refractivity (Wildman–Crippen MR) is 122 cm³/mol. The molecular formula is C19H17ClN6O5S2. The zero-order valence-electron chi connectivity index (χ0n) is 16.8. The van der Waals surface area contributed by atoms with Crippen molar-refractivity contribution < 1.29 is 24.7 Å². The summed E-state index contributed by atoms with van der Waals surface area (Å²) in [6, 6.07) is 2.17. The summed E-state index contributed by atoms with van der Waals surface area (Å²) in [5.41, 5.74) is 5.88. The smallest absolute Gasteiger partial charge is 0.353 e. The quantitative estimate of drug-likeness (QED) is 0.188. The first kappa shape index (κ1) is 23.0. The van der Waals surface area contributed by atoms with Crippen molar-refractivity contribution in [1.82, 2.24) is 20.2 Å². The second-order valence-electron chi connectivity index (χ2n) is 7.11. The van der Waals surface area contributed by atoms with E-state index in [2.05, 4.69) is 20.4 Å². The Kier molecular flexibility index (Phi) is 6.54. The molecule has 0 radical (unpaired) electrons. The lowest BCUT2D eigenvalue weighted by Gasteiger charge is -2.50. The molecule has 2 aliphatic heterocycles. The normalized spacial score (nSPS) is 20.3. The molecule has 2 aliphatic rings. The number of carbonyl (C=O) groups excluding carboxylic acids is 2. The summed E-state index contributed by atoms with van der Waals surface area (Å²) in [5, 5.41) is 24.6. The number of β-lactam (4-membered cyclic amide) rings is 1. The SMILES string of the molecule is Nc1nc(/C(=N/O)C(=O)N[C@@H]2C(=O)N3C(C(=O)O)=C(SCc4ccncc4)CC[C@H]23)c(Cl)s1. The highest BCUT2D eigenvalue weighted by Crippen LogP contribution is 2.41. The number of halogens is 1. The van der Waals surface area contributed by atoms with Crippen LogP contribution in [0.25, 0.3) is 0 Å². The first-order valence-corrected chi connectivity index (χ1v) is 11.8. The molecule has 2 aromatic heterocycles. The Morgan fingerprint density at radius 2 is 2.12 bits per heavy atom. The molecule has 4 heterocycles. The molecular weight excluding hydrogens is 492 g/mol. The number of pyridine rings is 1. The minimum absolute atomic E-state index is 0.0571. The van der Waals surface area contributed by atoms with E-state index in [0.717, 1.165) is 16.9 Å². The summed E-state index contributed by atoms with van der Waals surface area (Å²) in [4.78, 5) is 47.1. The molecule has 33 heavy (non-hydrogen) atoms. The lowest BCUT2D eigenvalue weighted by Crippen LogP contribution is -2.72. The highest BCUT2D eigenvalue weighted by atomic mass is 35.5. The molecule has 2 amide bonds. The maximum atomic E-state index is 12.8. The van der Waals surface area contributed by atoms with Gasteiger partial charge in [-0.25, -0.2) is 9.78 Å². The van der Waals surface area contributed by atoms with Gasteiger partial charge in [0.2, 0.25) is 0 Å².